The summed E-state index contributed by atoms with van der Waals surface area (Å²) in [6.07, 6.45) is 4.35. The van der Waals surface area contributed by atoms with Crippen LogP contribution in [0, 0.1) is 11.8 Å². The average molecular weight is 233 g/mol. The average Bonchev–Trinajstić information content (AvgIpc) is 2.95. The molecule has 2 rings (SSSR count). The number of carbonyl (C=O) groups is 1. The first-order chi connectivity index (χ1) is 7.88. The van der Waals surface area contributed by atoms with Gasteiger partial charge >= 0.3 is 0 Å². The Balaban J connectivity index is 2.01. The van der Waals surface area contributed by atoms with Crippen molar-refractivity contribution in [3.8, 4) is 0 Å². The Kier molecular flexibility index (Phi) is 2.89. The molecule has 1 amide bonds. The molecule has 1 heterocycles. The molecule has 0 radical (unpaired) electrons. The molecule has 0 aromatic carbocycles. The number of amides is 1. The first kappa shape index (κ1) is 12.0. The van der Waals surface area contributed by atoms with E-state index in [0.717, 1.165) is 12.2 Å². The van der Waals surface area contributed by atoms with Gasteiger partial charge in [0.15, 0.2) is 0 Å². The number of nitrogens with zero attached hydrogens (tertiary/aromatic N) is 2. The molecule has 4 heteroatoms. The summed E-state index contributed by atoms with van der Waals surface area (Å²) in [5.74, 6) is 1.57. The largest absolute Gasteiger partial charge is 0.323 e. The maximum absolute atomic E-state index is 11.7. The zero-order chi connectivity index (χ0) is 12.6. The van der Waals surface area contributed by atoms with Crippen LogP contribution in [-0.2, 0) is 10.2 Å². The van der Waals surface area contributed by atoms with Gasteiger partial charge in [-0.15, -0.1) is 0 Å². The second-order valence-electron chi connectivity index (χ2n) is 5.85. The first-order valence-corrected chi connectivity index (χ1v) is 6.01. The van der Waals surface area contributed by atoms with Crippen molar-refractivity contribution in [2.75, 3.05) is 5.32 Å². The van der Waals surface area contributed by atoms with E-state index in [9.17, 15) is 4.79 Å². The Hall–Kier alpha value is -1.45. The van der Waals surface area contributed by atoms with Gasteiger partial charge in [0.05, 0.1) is 18.1 Å². The third-order valence-corrected chi connectivity index (χ3v) is 3.04. The molecule has 0 aliphatic heterocycles. The quantitative estimate of drug-likeness (QED) is 0.853. The zero-order valence-corrected chi connectivity index (χ0v) is 10.8. The van der Waals surface area contributed by atoms with E-state index in [1.54, 1.807) is 12.4 Å². The monoisotopic (exact) mass is 233 g/mol. The molecular formula is C13H19N3O. The van der Waals surface area contributed by atoms with Gasteiger partial charge in [0.25, 0.3) is 0 Å². The van der Waals surface area contributed by atoms with E-state index in [0.29, 0.717) is 11.6 Å². The maximum Gasteiger partial charge on any atom is 0.227 e. The smallest absolute Gasteiger partial charge is 0.227 e. The highest BCUT2D eigenvalue weighted by Gasteiger charge is 2.39. The third kappa shape index (κ3) is 2.81. The minimum absolute atomic E-state index is 0.0620. The van der Waals surface area contributed by atoms with Gasteiger partial charge in [-0.2, -0.15) is 0 Å². The van der Waals surface area contributed by atoms with Crippen LogP contribution >= 0.6 is 0 Å². The van der Waals surface area contributed by atoms with Crippen LogP contribution in [0.3, 0.4) is 0 Å². The first-order valence-electron chi connectivity index (χ1n) is 6.01. The van der Waals surface area contributed by atoms with Crippen LogP contribution in [0.15, 0.2) is 12.4 Å². The molecule has 1 N–H and O–H groups in total. The summed E-state index contributed by atoms with van der Waals surface area (Å²) in [4.78, 5) is 20.3. The van der Waals surface area contributed by atoms with Gasteiger partial charge < -0.3 is 5.32 Å². The normalized spacial score (nSPS) is 23.3. The van der Waals surface area contributed by atoms with Crippen molar-refractivity contribution in [2.24, 2.45) is 11.8 Å². The van der Waals surface area contributed by atoms with Crippen LogP contribution in [0.5, 0.6) is 0 Å². The van der Waals surface area contributed by atoms with Gasteiger partial charge in [-0.3, -0.25) is 4.79 Å². The number of hydrogen-bond donors (Lipinski definition) is 1. The maximum atomic E-state index is 11.7. The molecule has 17 heavy (non-hydrogen) atoms. The Morgan fingerprint density at radius 1 is 1.35 bits per heavy atom. The minimum atomic E-state index is -0.0620. The molecule has 1 fully saturated rings. The number of anilines is 1. The second kappa shape index (κ2) is 4.09. The molecule has 0 bridgehead atoms. The van der Waals surface area contributed by atoms with Gasteiger partial charge in [0.2, 0.25) is 5.91 Å². The second-order valence-corrected chi connectivity index (χ2v) is 5.85. The van der Waals surface area contributed by atoms with Crippen LogP contribution in [0.25, 0.3) is 0 Å². The van der Waals surface area contributed by atoms with Crippen molar-refractivity contribution in [1.29, 1.82) is 0 Å². The van der Waals surface area contributed by atoms with Gasteiger partial charge in [0.1, 0.15) is 5.82 Å². The standard InChI is InChI=1S/C13H19N3O/c1-8-5-10(8)11(17)16-9-6-14-12(15-7-9)13(2,3)4/h6-8,10H,5H2,1-4H3,(H,16,17)/t8-,10-/m1/s1. The Morgan fingerprint density at radius 3 is 2.29 bits per heavy atom. The predicted octanol–water partition coefficient (Wildman–Crippen LogP) is 2.37. The van der Waals surface area contributed by atoms with Crippen LogP contribution < -0.4 is 5.32 Å². The van der Waals surface area contributed by atoms with Crippen LogP contribution in [-0.4, -0.2) is 15.9 Å². The highest BCUT2D eigenvalue weighted by Crippen LogP contribution is 2.38. The topological polar surface area (TPSA) is 54.9 Å². The summed E-state index contributed by atoms with van der Waals surface area (Å²) < 4.78 is 0. The summed E-state index contributed by atoms with van der Waals surface area (Å²) in [5, 5.41) is 2.85. The van der Waals surface area contributed by atoms with Gasteiger partial charge in [-0.05, 0) is 12.3 Å². The fourth-order valence-electron chi connectivity index (χ4n) is 1.70. The lowest BCUT2D eigenvalue weighted by molar-refractivity contribution is -0.117. The van der Waals surface area contributed by atoms with Gasteiger partial charge in [0, 0.05) is 11.3 Å². The van der Waals surface area contributed by atoms with Crippen LogP contribution in [0.4, 0.5) is 5.69 Å². The summed E-state index contributed by atoms with van der Waals surface area (Å²) in [6, 6.07) is 0. The highest BCUT2D eigenvalue weighted by molar-refractivity contribution is 5.94. The van der Waals surface area contributed by atoms with Gasteiger partial charge in [-0.25, -0.2) is 9.97 Å². The molecule has 2 atom stereocenters. The predicted molar refractivity (Wildman–Crippen MR) is 66.6 cm³/mol. The Morgan fingerprint density at radius 2 is 1.88 bits per heavy atom. The molecule has 0 spiro atoms. The lowest BCUT2D eigenvalue weighted by Crippen LogP contribution is -2.18. The molecule has 1 aromatic heterocycles. The van der Waals surface area contributed by atoms with Crippen molar-refractivity contribution < 1.29 is 4.79 Å². The molecule has 1 aromatic rings. The molecule has 4 nitrogen and oxygen atoms in total. The lowest BCUT2D eigenvalue weighted by Gasteiger charge is -2.16. The van der Waals surface area contributed by atoms with Crippen molar-refractivity contribution in [2.45, 2.75) is 39.5 Å². The fraction of sp³-hybridized carbons (Fsp3) is 0.615. The SMILES string of the molecule is C[C@@H]1C[C@H]1C(=O)Nc1cnc(C(C)(C)C)nc1. The Labute approximate surface area is 102 Å². The van der Waals surface area contributed by atoms with Crippen LogP contribution in [0.2, 0.25) is 0 Å². The van der Waals surface area contributed by atoms with E-state index < -0.39 is 0 Å². The molecule has 0 saturated heterocycles. The molecule has 1 aliphatic rings. The molecular weight excluding hydrogens is 214 g/mol. The summed E-state index contributed by atoms with van der Waals surface area (Å²) in [7, 11) is 0. The lowest BCUT2D eigenvalue weighted by atomic mass is 9.96. The number of hydrogen-bond acceptors (Lipinski definition) is 3. The van der Waals surface area contributed by atoms with Crippen molar-refractivity contribution in [3.05, 3.63) is 18.2 Å². The highest BCUT2D eigenvalue weighted by atomic mass is 16.2. The number of rotatable bonds is 2. The van der Waals surface area contributed by atoms with E-state index in [1.165, 1.54) is 0 Å². The summed E-state index contributed by atoms with van der Waals surface area (Å²) in [6.45, 7) is 8.27. The van der Waals surface area contributed by atoms with E-state index >= 15 is 0 Å². The Bertz CT molecular complexity index is 419. The van der Waals surface area contributed by atoms with Crippen molar-refractivity contribution in [3.63, 3.8) is 0 Å². The fourth-order valence-corrected chi connectivity index (χ4v) is 1.70. The molecule has 1 saturated carbocycles. The zero-order valence-electron chi connectivity index (χ0n) is 10.8. The van der Waals surface area contributed by atoms with E-state index in [1.807, 2.05) is 0 Å². The molecule has 1 aliphatic carbocycles. The molecule has 92 valence electrons. The number of aromatic nitrogens is 2. The van der Waals surface area contributed by atoms with E-state index in [4.69, 9.17) is 0 Å². The number of nitrogens with one attached hydrogen (secondary N) is 1. The summed E-state index contributed by atoms with van der Waals surface area (Å²) >= 11 is 0. The van der Waals surface area contributed by atoms with E-state index in [-0.39, 0.29) is 17.2 Å². The third-order valence-electron chi connectivity index (χ3n) is 3.04. The van der Waals surface area contributed by atoms with Crippen molar-refractivity contribution in [1.82, 2.24) is 9.97 Å². The van der Waals surface area contributed by atoms with E-state index in [2.05, 4.69) is 43.0 Å². The van der Waals surface area contributed by atoms with Crippen LogP contribution in [0.1, 0.15) is 39.9 Å². The summed E-state index contributed by atoms with van der Waals surface area (Å²) in [5.41, 5.74) is 0.621. The molecule has 0 unspecified atom stereocenters. The van der Waals surface area contributed by atoms with Gasteiger partial charge in [-0.1, -0.05) is 27.7 Å². The van der Waals surface area contributed by atoms with Crippen molar-refractivity contribution >= 4 is 11.6 Å². The number of carbonyl (C=O) groups excluding carboxylic acids is 1. The minimum Gasteiger partial charge on any atom is -0.323 e.